The van der Waals surface area contributed by atoms with E-state index in [0.29, 0.717) is 12.3 Å². The number of carbonyl (C=O) groups is 1. The molecule has 0 bridgehead atoms. The van der Waals surface area contributed by atoms with Crippen LogP contribution in [0.5, 0.6) is 0 Å². The van der Waals surface area contributed by atoms with Crippen LogP contribution in [0.3, 0.4) is 0 Å². The number of hydrogen-bond acceptors (Lipinski definition) is 4. The fourth-order valence-electron chi connectivity index (χ4n) is 2.82. The number of fused-ring (bicyclic) bond motifs is 1. The maximum absolute atomic E-state index is 12.1. The number of rotatable bonds is 3. The first-order valence-corrected chi connectivity index (χ1v) is 8.40. The van der Waals surface area contributed by atoms with Crippen molar-refractivity contribution in [2.45, 2.75) is 38.1 Å². The smallest absolute Gasteiger partial charge is 0.239 e. The molecule has 21 heavy (non-hydrogen) atoms. The van der Waals surface area contributed by atoms with Crippen LogP contribution >= 0.6 is 11.3 Å². The van der Waals surface area contributed by atoms with Gasteiger partial charge in [-0.2, -0.15) is 0 Å². The van der Waals surface area contributed by atoms with E-state index >= 15 is 0 Å². The minimum Gasteiger partial charge on any atom is -0.341 e. The SMILES string of the molecule is CCC(N)C(=O)N1CCC(c2nc3ccccc3s2)CC1. The van der Waals surface area contributed by atoms with Crippen LogP contribution in [0.4, 0.5) is 0 Å². The zero-order valence-corrected chi connectivity index (χ0v) is 13.1. The van der Waals surface area contributed by atoms with E-state index in [9.17, 15) is 4.79 Å². The lowest BCUT2D eigenvalue weighted by Gasteiger charge is -2.32. The first-order valence-electron chi connectivity index (χ1n) is 7.59. The van der Waals surface area contributed by atoms with Gasteiger partial charge in [0.25, 0.3) is 0 Å². The quantitative estimate of drug-likeness (QED) is 0.948. The van der Waals surface area contributed by atoms with Crippen LogP contribution in [0, 0.1) is 0 Å². The molecule has 5 heteroatoms. The van der Waals surface area contributed by atoms with Gasteiger partial charge in [0, 0.05) is 19.0 Å². The Balaban J connectivity index is 1.67. The molecule has 2 aromatic rings. The Morgan fingerprint density at radius 1 is 1.43 bits per heavy atom. The highest BCUT2D eigenvalue weighted by atomic mass is 32.1. The average molecular weight is 303 g/mol. The van der Waals surface area contributed by atoms with E-state index in [1.807, 2.05) is 17.9 Å². The largest absolute Gasteiger partial charge is 0.341 e. The fourth-order valence-corrected chi connectivity index (χ4v) is 3.96. The molecule has 1 aromatic heterocycles. The number of amides is 1. The molecule has 2 heterocycles. The molecule has 0 aliphatic carbocycles. The van der Waals surface area contributed by atoms with Crippen molar-refractivity contribution in [1.82, 2.24) is 9.88 Å². The van der Waals surface area contributed by atoms with E-state index in [2.05, 4.69) is 18.2 Å². The standard InChI is InChI=1S/C16H21N3OS/c1-2-12(17)16(20)19-9-7-11(8-10-19)15-18-13-5-3-4-6-14(13)21-15/h3-6,11-12H,2,7-10,17H2,1H3. The van der Waals surface area contributed by atoms with Crippen LogP contribution in [-0.4, -0.2) is 34.9 Å². The van der Waals surface area contributed by atoms with Crippen LogP contribution in [0.1, 0.15) is 37.1 Å². The zero-order chi connectivity index (χ0) is 14.8. The normalized spacial score (nSPS) is 18.1. The Bertz CT molecular complexity index is 598. The summed E-state index contributed by atoms with van der Waals surface area (Å²) < 4.78 is 1.25. The Morgan fingerprint density at radius 3 is 2.81 bits per heavy atom. The van der Waals surface area contributed by atoms with Gasteiger partial charge in [0.15, 0.2) is 0 Å². The van der Waals surface area contributed by atoms with E-state index in [-0.39, 0.29) is 11.9 Å². The molecular weight excluding hydrogens is 282 g/mol. The van der Waals surface area contributed by atoms with Gasteiger partial charge < -0.3 is 10.6 Å². The number of thiazole rings is 1. The lowest BCUT2D eigenvalue weighted by atomic mass is 9.97. The van der Waals surface area contributed by atoms with Crippen molar-refractivity contribution in [3.63, 3.8) is 0 Å². The van der Waals surface area contributed by atoms with Crippen molar-refractivity contribution in [2.24, 2.45) is 5.73 Å². The molecule has 1 saturated heterocycles. The zero-order valence-electron chi connectivity index (χ0n) is 12.3. The van der Waals surface area contributed by atoms with Crippen LogP contribution in [-0.2, 0) is 4.79 Å². The molecule has 1 aliphatic rings. The average Bonchev–Trinajstić information content (AvgIpc) is 2.97. The van der Waals surface area contributed by atoms with Gasteiger partial charge >= 0.3 is 0 Å². The summed E-state index contributed by atoms with van der Waals surface area (Å²) in [7, 11) is 0. The van der Waals surface area contributed by atoms with Gasteiger partial charge in [0.1, 0.15) is 0 Å². The molecule has 1 aromatic carbocycles. The second-order valence-corrected chi connectivity index (χ2v) is 6.70. The summed E-state index contributed by atoms with van der Waals surface area (Å²) in [5.41, 5.74) is 6.93. The summed E-state index contributed by atoms with van der Waals surface area (Å²) in [6.45, 7) is 3.55. The van der Waals surface area contributed by atoms with E-state index in [1.165, 1.54) is 9.71 Å². The lowest BCUT2D eigenvalue weighted by molar-refractivity contribution is -0.133. The van der Waals surface area contributed by atoms with Crippen LogP contribution in [0.15, 0.2) is 24.3 Å². The molecule has 1 fully saturated rings. The minimum absolute atomic E-state index is 0.0975. The van der Waals surface area contributed by atoms with Gasteiger partial charge in [-0.05, 0) is 31.4 Å². The number of nitrogens with two attached hydrogens (primary N) is 1. The molecule has 1 unspecified atom stereocenters. The Hall–Kier alpha value is -1.46. The topological polar surface area (TPSA) is 59.2 Å². The number of nitrogens with zero attached hydrogens (tertiary/aromatic N) is 2. The number of benzene rings is 1. The number of hydrogen-bond donors (Lipinski definition) is 1. The van der Waals surface area contributed by atoms with Crippen LogP contribution in [0.2, 0.25) is 0 Å². The number of carbonyl (C=O) groups excluding carboxylic acids is 1. The van der Waals surface area contributed by atoms with E-state index in [1.54, 1.807) is 11.3 Å². The number of aromatic nitrogens is 1. The summed E-state index contributed by atoms with van der Waals surface area (Å²) in [4.78, 5) is 18.8. The number of likely N-dealkylation sites (tertiary alicyclic amines) is 1. The summed E-state index contributed by atoms with van der Waals surface area (Å²) >= 11 is 1.78. The first kappa shape index (κ1) is 14.5. The number of piperidine rings is 1. The minimum atomic E-state index is -0.344. The van der Waals surface area contributed by atoms with E-state index < -0.39 is 0 Å². The Morgan fingerprint density at radius 2 is 2.14 bits per heavy atom. The van der Waals surface area contributed by atoms with Gasteiger partial charge in [0.05, 0.1) is 21.3 Å². The maximum atomic E-state index is 12.1. The summed E-state index contributed by atoms with van der Waals surface area (Å²) in [6, 6.07) is 7.92. The predicted molar refractivity (Wildman–Crippen MR) is 86.4 cm³/mol. The highest BCUT2D eigenvalue weighted by Crippen LogP contribution is 2.33. The van der Waals surface area contributed by atoms with Gasteiger partial charge in [-0.1, -0.05) is 19.1 Å². The monoisotopic (exact) mass is 303 g/mol. The highest BCUT2D eigenvalue weighted by molar-refractivity contribution is 7.18. The van der Waals surface area contributed by atoms with Crippen LogP contribution in [0.25, 0.3) is 10.2 Å². The van der Waals surface area contributed by atoms with Crippen LogP contribution < -0.4 is 5.73 Å². The fraction of sp³-hybridized carbons (Fsp3) is 0.500. The Kier molecular flexibility index (Phi) is 4.22. The maximum Gasteiger partial charge on any atom is 0.239 e. The van der Waals surface area contributed by atoms with Crippen molar-refractivity contribution in [3.05, 3.63) is 29.3 Å². The highest BCUT2D eigenvalue weighted by Gasteiger charge is 2.27. The summed E-state index contributed by atoms with van der Waals surface area (Å²) in [5, 5.41) is 1.21. The van der Waals surface area contributed by atoms with Crippen molar-refractivity contribution >= 4 is 27.5 Å². The predicted octanol–water partition coefficient (Wildman–Crippen LogP) is 2.74. The van der Waals surface area contributed by atoms with Crippen molar-refractivity contribution < 1.29 is 4.79 Å². The molecule has 2 N–H and O–H groups in total. The Labute approximate surface area is 129 Å². The summed E-state index contributed by atoms with van der Waals surface area (Å²) in [6.07, 6.45) is 2.68. The molecule has 112 valence electrons. The second-order valence-electron chi connectivity index (χ2n) is 5.63. The molecule has 0 radical (unpaired) electrons. The number of para-hydroxylation sites is 1. The second kappa shape index (κ2) is 6.12. The van der Waals surface area contributed by atoms with Crippen molar-refractivity contribution in [2.75, 3.05) is 13.1 Å². The summed E-state index contributed by atoms with van der Waals surface area (Å²) in [5.74, 6) is 0.574. The molecular formula is C16H21N3OS. The third kappa shape index (κ3) is 2.94. The van der Waals surface area contributed by atoms with Gasteiger partial charge in [0.2, 0.25) is 5.91 Å². The molecule has 1 amide bonds. The third-order valence-corrected chi connectivity index (χ3v) is 5.42. The van der Waals surface area contributed by atoms with Crippen molar-refractivity contribution in [3.8, 4) is 0 Å². The molecule has 0 saturated carbocycles. The molecule has 0 spiro atoms. The lowest BCUT2D eigenvalue weighted by Crippen LogP contribution is -2.46. The van der Waals surface area contributed by atoms with E-state index in [4.69, 9.17) is 10.7 Å². The van der Waals surface area contributed by atoms with E-state index in [0.717, 1.165) is 31.4 Å². The van der Waals surface area contributed by atoms with Crippen molar-refractivity contribution in [1.29, 1.82) is 0 Å². The van der Waals surface area contributed by atoms with Gasteiger partial charge in [-0.15, -0.1) is 11.3 Å². The van der Waals surface area contributed by atoms with Gasteiger partial charge in [-0.25, -0.2) is 4.98 Å². The molecule has 1 aliphatic heterocycles. The third-order valence-electron chi connectivity index (χ3n) is 4.22. The first-order chi connectivity index (χ1) is 10.2. The molecule has 3 rings (SSSR count). The molecule has 4 nitrogen and oxygen atoms in total. The van der Waals surface area contributed by atoms with Gasteiger partial charge in [-0.3, -0.25) is 4.79 Å². The molecule has 1 atom stereocenters.